The van der Waals surface area contributed by atoms with Crippen LogP contribution in [0.3, 0.4) is 0 Å². The van der Waals surface area contributed by atoms with Crippen LogP contribution in [0.1, 0.15) is 12.0 Å². The molecule has 0 aliphatic carbocycles. The third kappa shape index (κ3) is 4.36. The van der Waals surface area contributed by atoms with Gasteiger partial charge in [-0.3, -0.25) is 9.59 Å². The van der Waals surface area contributed by atoms with Gasteiger partial charge in [0.1, 0.15) is 5.75 Å². The molecule has 7 heteroatoms. The fourth-order valence-electron chi connectivity index (χ4n) is 3.25. The number of rotatable bonds is 7. The van der Waals surface area contributed by atoms with Crippen molar-refractivity contribution >= 4 is 17.5 Å². The molecule has 0 bridgehead atoms. The van der Waals surface area contributed by atoms with E-state index in [4.69, 9.17) is 14.2 Å². The van der Waals surface area contributed by atoms with Gasteiger partial charge in [-0.15, -0.1) is 0 Å². The van der Waals surface area contributed by atoms with Crippen LogP contribution < -0.4 is 19.5 Å². The minimum Gasteiger partial charge on any atom is -0.497 e. The zero-order valence-electron chi connectivity index (χ0n) is 16.2. The maximum atomic E-state index is 12.6. The van der Waals surface area contributed by atoms with Crippen molar-refractivity contribution in [2.45, 2.75) is 13.0 Å². The first kappa shape index (κ1) is 19.5. The molecule has 0 saturated carbocycles. The lowest BCUT2D eigenvalue weighted by Crippen LogP contribution is -2.28. The number of ether oxygens (including phenoxy) is 3. The molecule has 7 nitrogen and oxygen atoms in total. The number of hydrogen-bond donors (Lipinski definition) is 1. The monoisotopic (exact) mass is 384 g/mol. The van der Waals surface area contributed by atoms with Crippen LogP contribution in [0, 0.1) is 5.92 Å². The van der Waals surface area contributed by atoms with E-state index in [2.05, 4.69) is 5.32 Å². The lowest BCUT2D eigenvalue weighted by Gasteiger charge is -2.18. The number of methoxy groups -OCH3 is 3. The molecule has 0 spiro atoms. The van der Waals surface area contributed by atoms with Crippen LogP contribution in [0.4, 0.5) is 5.69 Å². The van der Waals surface area contributed by atoms with Crippen molar-refractivity contribution in [3.63, 3.8) is 0 Å². The standard InChI is InChI=1S/C21H24N2O5/c1-26-17-6-4-5-16(11-17)22-21(25)15-10-20(24)23(13-15)12-14-7-8-18(27-2)19(9-14)28-3/h4-9,11,15H,10,12-13H2,1-3H3,(H,22,25). The molecule has 1 aliphatic heterocycles. The third-order valence-electron chi connectivity index (χ3n) is 4.74. The number of anilines is 1. The summed E-state index contributed by atoms with van der Waals surface area (Å²) < 4.78 is 15.7. The second-order valence-corrected chi connectivity index (χ2v) is 6.59. The summed E-state index contributed by atoms with van der Waals surface area (Å²) in [7, 11) is 4.72. The fourth-order valence-corrected chi connectivity index (χ4v) is 3.25. The average molecular weight is 384 g/mol. The maximum absolute atomic E-state index is 12.6. The number of benzene rings is 2. The van der Waals surface area contributed by atoms with E-state index in [-0.39, 0.29) is 24.2 Å². The summed E-state index contributed by atoms with van der Waals surface area (Å²) in [6.07, 6.45) is 0.198. The molecule has 1 heterocycles. The van der Waals surface area contributed by atoms with Gasteiger partial charge in [-0.2, -0.15) is 0 Å². The van der Waals surface area contributed by atoms with Crippen LogP contribution in [-0.2, 0) is 16.1 Å². The summed E-state index contributed by atoms with van der Waals surface area (Å²) >= 11 is 0. The van der Waals surface area contributed by atoms with Crippen LogP contribution in [0.5, 0.6) is 17.2 Å². The van der Waals surface area contributed by atoms with Crippen molar-refractivity contribution in [3.8, 4) is 17.2 Å². The normalized spacial score (nSPS) is 16.0. The lowest BCUT2D eigenvalue weighted by atomic mass is 10.1. The zero-order chi connectivity index (χ0) is 20.1. The van der Waals surface area contributed by atoms with Crippen LogP contribution in [0.15, 0.2) is 42.5 Å². The van der Waals surface area contributed by atoms with Gasteiger partial charge in [-0.25, -0.2) is 0 Å². The largest absolute Gasteiger partial charge is 0.497 e. The highest BCUT2D eigenvalue weighted by Gasteiger charge is 2.34. The molecule has 1 unspecified atom stereocenters. The van der Waals surface area contributed by atoms with E-state index in [1.54, 1.807) is 50.5 Å². The Bertz CT molecular complexity index is 868. The molecular weight excluding hydrogens is 360 g/mol. The van der Waals surface area contributed by atoms with E-state index >= 15 is 0 Å². The zero-order valence-corrected chi connectivity index (χ0v) is 16.2. The second-order valence-electron chi connectivity index (χ2n) is 6.59. The van der Waals surface area contributed by atoms with Gasteiger partial charge in [0.25, 0.3) is 0 Å². The first-order valence-corrected chi connectivity index (χ1v) is 8.97. The molecule has 1 fully saturated rings. The molecule has 148 valence electrons. The van der Waals surface area contributed by atoms with Crippen LogP contribution in [-0.4, -0.2) is 44.6 Å². The van der Waals surface area contributed by atoms with Crippen LogP contribution in [0.25, 0.3) is 0 Å². The van der Waals surface area contributed by atoms with Gasteiger partial charge in [0.05, 0.1) is 27.2 Å². The highest BCUT2D eigenvalue weighted by molar-refractivity contribution is 5.97. The van der Waals surface area contributed by atoms with Gasteiger partial charge in [0.2, 0.25) is 11.8 Å². The number of hydrogen-bond acceptors (Lipinski definition) is 5. The number of nitrogens with one attached hydrogen (secondary N) is 1. The van der Waals surface area contributed by atoms with E-state index in [0.717, 1.165) is 5.56 Å². The number of carbonyl (C=O) groups excluding carboxylic acids is 2. The third-order valence-corrected chi connectivity index (χ3v) is 4.74. The van der Waals surface area contributed by atoms with Gasteiger partial charge >= 0.3 is 0 Å². The molecule has 0 radical (unpaired) electrons. The van der Waals surface area contributed by atoms with Gasteiger partial charge in [0.15, 0.2) is 11.5 Å². The Hall–Kier alpha value is -3.22. The highest BCUT2D eigenvalue weighted by atomic mass is 16.5. The molecule has 1 saturated heterocycles. The van der Waals surface area contributed by atoms with Gasteiger partial charge in [-0.05, 0) is 29.8 Å². The minimum absolute atomic E-state index is 0.0411. The smallest absolute Gasteiger partial charge is 0.229 e. The summed E-state index contributed by atoms with van der Waals surface area (Å²) in [6.45, 7) is 0.797. The van der Waals surface area contributed by atoms with E-state index in [9.17, 15) is 9.59 Å². The minimum atomic E-state index is -0.390. The summed E-state index contributed by atoms with van der Waals surface area (Å²) in [5.74, 6) is 1.31. The Labute approximate surface area is 164 Å². The van der Waals surface area contributed by atoms with Crippen molar-refractivity contribution in [2.24, 2.45) is 5.92 Å². The topological polar surface area (TPSA) is 77.1 Å². The van der Waals surface area contributed by atoms with E-state index < -0.39 is 0 Å². The van der Waals surface area contributed by atoms with Crippen molar-refractivity contribution in [1.29, 1.82) is 0 Å². The molecule has 28 heavy (non-hydrogen) atoms. The van der Waals surface area contributed by atoms with Crippen molar-refractivity contribution in [3.05, 3.63) is 48.0 Å². The summed E-state index contributed by atoms with van der Waals surface area (Å²) in [6, 6.07) is 12.7. The molecule has 1 N–H and O–H groups in total. The quantitative estimate of drug-likeness (QED) is 0.794. The molecule has 2 amide bonds. The summed E-state index contributed by atoms with van der Waals surface area (Å²) in [4.78, 5) is 26.7. The van der Waals surface area contributed by atoms with Gasteiger partial charge < -0.3 is 24.4 Å². The fraction of sp³-hybridized carbons (Fsp3) is 0.333. The molecule has 3 rings (SSSR count). The number of likely N-dealkylation sites (tertiary alicyclic amines) is 1. The Morgan fingerprint density at radius 3 is 2.57 bits per heavy atom. The van der Waals surface area contributed by atoms with Gasteiger partial charge in [-0.1, -0.05) is 12.1 Å². The highest BCUT2D eigenvalue weighted by Crippen LogP contribution is 2.29. The van der Waals surface area contributed by atoms with E-state index in [0.29, 0.717) is 36.0 Å². The Kier molecular flexibility index (Phi) is 6.03. The molecular formula is C21H24N2O5. The van der Waals surface area contributed by atoms with Crippen molar-refractivity contribution in [2.75, 3.05) is 33.2 Å². The lowest BCUT2D eigenvalue weighted by molar-refractivity contribution is -0.128. The average Bonchev–Trinajstić information content (AvgIpc) is 3.08. The Morgan fingerprint density at radius 2 is 1.86 bits per heavy atom. The predicted molar refractivity (Wildman–Crippen MR) is 105 cm³/mol. The molecule has 0 aromatic heterocycles. The second kappa shape index (κ2) is 8.65. The summed E-state index contributed by atoms with van der Waals surface area (Å²) in [5, 5.41) is 2.86. The van der Waals surface area contributed by atoms with E-state index in [1.165, 1.54) is 0 Å². The van der Waals surface area contributed by atoms with Crippen molar-refractivity contribution in [1.82, 2.24) is 4.90 Å². The Morgan fingerprint density at radius 1 is 1.07 bits per heavy atom. The molecule has 2 aromatic carbocycles. The SMILES string of the molecule is COc1cccc(NC(=O)C2CC(=O)N(Cc3ccc(OC)c(OC)c3)C2)c1. The maximum Gasteiger partial charge on any atom is 0.229 e. The number of amides is 2. The van der Waals surface area contributed by atoms with Crippen molar-refractivity contribution < 1.29 is 23.8 Å². The van der Waals surface area contributed by atoms with Crippen LogP contribution >= 0.6 is 0 Å². The molecule has 1 atom stereocenters. The number of nitrogens with zero attached hydrogens (tertiary/aromatic N) is 1. The molecule has 1 aliphatic rings. The Balaban J connectivity index is 1.63. The molecule has 2 aromatic rings. The number of carbonyl (C=O) groups is 2. The first-order valence-electron chi connectivity index (χ1n) is 8.97. The van der Waals surface area contributed by atoms with Crippen LogP contribution in [0.2, 0.25) is 0 Å². The summed E-state index contributed by atoms with van der Waals surface area (Å²) in [5.41, 5.74) is 1.56. The first-order chi connectivity index (χ1) is 13.5. The van der Waals surface area contributed by atoms with Gasteiger partial charge in [0, 0.05) is 31.3 Å². The predicted octanol–water partition coefficient (Wildman–Crippen LogP) is 2.70. The van der Waals surface area contributed by atoms with E-state index in [1.807, 2.05) is 18.2 Å².